The van der Waals surface area contributed by atoms with Gasteiger partial charge in [-0.1, -0.05) is 65.1 Å². The molecular formula is C29H43BF2N3O8S4. The van der Waals surface area contributed by atoms with Gasteiger partial charge >= 0.3 is 5.44 Å². The second kappa shape index (κ2) is 22.3. The lowest BCUT2D eigenvalue weighted by Gasteiger charge is -2.22. The number of alkyl halides is 2. The number of ether oxygens (including phenoxy) is 5. The second-order valence-electron chi connectivity index (χ2n) is 10.8. The number of amides is 2. The smallest absolute Gasteiger partial charge is 0.418 e. The molecule has 47 heavy (non-hydrogen) atoms. The van der Waals surface area contributed by atoms with Gasteiger partial charge in [-0.2, -0.15) is 14.6 Å². The maximum atomic E-state index is 13.8. The van der Waals surface area contributed by atoms with E-state index in [9.17, 15) is 23.5 Å². The summed E-state index contributed by atoms with van der Waals surface area (Å²) in [6.45, 7) is 7.01. The molecule has 0 bridgehead atoms. The topological polar surface area (TPSA) is 151 Å². The summed E-state index contributed by atoms with van der Waals surface area (Å²) in [5.74, 6) is 5.41. The zero-order valence-electron chi connectivity index (χ0n) is 26.8. The van der Waals surface area contributed by atoms with Crippen LogP contribution in [0.5, 0.6) is 5.75 Å². The number of carbonyl (C=O) groups excluding carboxylic acids is 2. The highest BCUT2D eigenvalue weighted by atomic mass is 33.1. The van der Waals surface area contributed by atoms with Crippen molar-refractivity contribution in [3.05, 3.63) is 29.8 Å². The molecular weight excluding hydrogens is 695 g/mol. The number of nitrogens with two attached hydrogens (primary N) is 1. The molecule has 0 spiro atoms. The Morgan fingerprint density at radius 3 is 2.72 bits per heavy atom. The SMILES string of the molecule is CSSC(F)(F)O[C@@H]1C[C@H]([B]C#CCNC(=O)COCCOC(COc2cccc(C(=O)NCCN)c2)SSC(C)(C)C)OC1CO. The van der Waals surface area contributed by atoms with Crippen LogP contribution in [0.2, 0.25) is 0 Å². The number of hydrogen-bond donors (Lipinski definition) is 4. The van der Waals surface area contributed by atoms with Crippen LogP contribution in [-0.4, -0.2) is 117 Å². The fourth-order valence-electron chi connectivity index (χ4n) is 3.71. The lowest BCUT2D eigenvalue weighted by molar-refractivity contribution is -0.204. The number of nitrogens with one attached hydrogen (secondary N) is 2. The molecule has 1 aliphatic rings. The molecule has 18 heteroatoms. The maximum absolute atomic E-state index is 13.8. The number of aliphatic hydroxyl groups excluding tert-OH is 1. The van der Waals surface area contributed by atoms with E-state index in [-0.39, 0.29) is 72.2 Å². The predicted molar refractivity (Wildman–Crippen MR) is 187 cm³/mol. The Labute approximate surface area is 292 Å². The zero-order valence-corrected chi connectivity index (χ0v) is 30.1. The van der Waals surface area contributed by atoms with Crippen molar-refractivity contribution in [1.82, 2.24) is 10.6 Å². The van der Waals surface area contributed by atoms with Crippen LogP contribution in [0.25, 0.3) is 0 Å². The van der Waals surface area contributed by atoms with Crippen LogP contribution in [0.4, 0.5) is 8.78 Å². The molecule has 2 unspecified atom stereocenters. The minimum atomic E-state index is -3.40. The first-order valence-corrected chi connectivity index (χ1v) is 19.5. The van der Waals surface area contributed by atoms with Gasteiger partial charge in [0, 0.05) is 40.2 Å². The van der Waals surface area contributed by atoms with Crippen molar-refractivity contribution in [2.45, 2.75) is 61.0 Å². The van der Waals surface area contributed by atoms with Crippen molar-refractivity contribution in [2.75, 3.05) is 58.9 Å². The summed E-state index contributed by atoms with van der Waals surface area (Å²) in [7, 11) is 5.82. The summed E-state index contributed by atoms with van der Waals surface area (Å²) in [5, 5.41) is 14.8. The van der Waals surface area contributed by atoms with Crippen LogP contribution in [0.15, 0.2) is 24.3 Å². The van der Waals surface area contributed by atoms with E-state index in [1.54, 1.807) is 35.1 Å². The molecule has 4 atom stereocenters. The van der Waals surface area contributed by atoms with E-state index < -0.39 is 30.3 Å². The predicted octanol–water partition coefficient (Wildman–Crippen LogP) is 3.13. The van der Waals surface area contributed by atoms with Crippen molar-refractivity contribution in [3.8, 4) is 17.5 Å². The number of hydrogen-bond acceptors (Lipinski definition) is 13. The summed E-state index contributed by atoms with van der Waals surface area (Å²) in [4.78, 5) is 24.3. The normalized spacial score (nSPS) is 18.6. The molecule has 2 rings (SSSR count). The molecule has 1 aromatic carbocycles. The van der Waals surface area contributed by atoms with E-state index >= 15 is 0 Å². The number of aliphatic hydroxyl groups is 1. The first kappa shape index (κ1) is 41.8. The maximum Gasteiger partial charge on any atom is 0.418 e. The molecule has 2 amide bonds. The second-order valence-corrected chi connectivity index (χ2v) is 16.5. The molecule has 1 radical (unpaired) electrons. The molecule has 1 heterocycles. The average Bonchev–Trinajstić information content (AvgIpc) is 3.40. The van der Waals surface area contributed by atoms with Gasteiger partial charge in [-0.15, -0.1) is 0 Å². The van der Waals surface area contributed by atoms with E-state index in [1.807, 2.05) is 0 Å². The minimum Gasteiger partial charge on any atom is -0.490 e. The van der Waals surface area contributed by atoms with Crippen LogP contribution in [0.3, 0.4) is 0 Å². The lowest BCUT2D eigenvalue weighted by atomic mass is 9.71. The highest BCUT2D eigenvalue weighted by Gasteiger charge is 2.43. The van der Waals surface area contributed by atoms with Gasteiger partial charge in [0.1, 0.15) is 30.5 Å². The highest BCUT2D eigenvalue weighted by Crippen LogP contribution is 2.41. The van der Waals surface area contributed by atoms with Gasteiger partial charge in [0.05, 0.1) is 32.5 Å². The zero-order chi connectivity index (χ0) is 34.7. The van der Waals surface area contributed by atoms with Gasteiger partial charge in [0.15, 0.2) is 0 Å². The molecule has 1 aliphatic heterocycles. The molecule has 0 saturated carbocycles. The van der Waals surface area contributed by atoms with Crippen LogP contribution in [-0.2, 0) is 23.7 Å². The van der Waals surface area contributed by atoms with Crippen LogP contribution >= 0.6 is 43.2 Å². The summed E-state index contributed by atoms with van der Waals surface area (Å²) < 4.78 is 55.2. The Hall–Kier alpha value is -1.40. The highest BCUT2D eigenvalue weighted by molar-refractivity contribution is 8.77. The third kappa shape index (κ3) is 18.3. The molecule has 11 nitrogen and oxygen atoms in total. The Balaban J connectivity index is 1.69. The van der Waals surface area contributed by atoms with Gasteiger partial charge in [0.25, 0.3) is 13.2 Å². The van der Waals surface area contributed by atoms with E-state index in [0.717, 1.165) is 10.8 Å². The molecule has 263 valence electrons. The summed E-state index contributed by atoms with van der Waals surface area (Å²) in [5.41, 5.74) is 2.17. The Morgan fingerprint density at radius 2 is 2.02 bits per heavy atom. The van der Waals surface area contributed by atoms with E-state index in [2.05, 4.69) is 43.1 Å². The minimum absolute atomic E-state index is 0.0180. The molecule has 1 aromatic rings. The summed E-state index contributed by atoms with van der Waals surface area (Å²) >= 11 is 0. The van der Waals surface area contributed by atoms with E-state index in [0.29, 0.717) is 24.4 Å². The Bertz CT molecular complexity index is 1160. The van der Waals surface area contributed by atoms with Crippen molar-refractivity contribution < 1.29 is 47.2 Å². The van der Waals surface area contributed by atoms with Gasteiger partial charge in [0.2, 0.25) is 5.91 Å². The first-order valence-electron chi connectivity index (χ1n) is 14.7. The fourth-order valence-corrected chi connectivity index (χ4v) is 6.96. The Morgan fingerprint density at radius 1 is 1.23 bits per heavy atom. The molecule has 5 N–H and O–H groups in total. The lowest BCUT2D eigenvalue weighted by Crippen LogP contribution is -2.33. The molecule has 1 saturated heterocycles. The Kier molecular flexibility index (Phi) is 19.9. The summed E-state index contributed by atoms with van der Waals surface area (Å²) in [6.07, 6.45) is -0.225. The van der Waals surface area contributed by atoms with Gasteiger partial charge in [-0.25, -0.2) is 0 Å². The van der Waals surface area contributed by atoms with E-state index in [1.165, 1.54) is 24.3 Å². The van der Waals surface area contributed by atoms with Gasteiger partial charge in [-0.05, 0) is 30.9 Å². The monoisotopic (exact) mass is 738 g/mol. The third-order valence-electron chi connectivity index (χ3n) is 5.71. The van der Waals surface area contributed by atoms with Crippen molar-refractivity contribution in [1.29, 1.82) is 0 Å². The van der Waals surface area contributed by atoms with Crippen molar-refractivity contribution >= 4 is 62.3 Å². The average molecular weight is 739 g/mol. The quantitative estimate of drug-likeness (QED) is 0.0482. The molecule has 1 fully saturated rings. The number of halogens is 2. The first-order chi connectivity index (χ1) is 22.4. The van der Waals surface area contributed by atoms with Crippen molar-refractivity contribution in [3.63, 3.8) is 0 Å². The standard InChI is InChI=1S/C29H43BF2N3O8S4/c1-28(2,3)46-45-26(19-41-21-8-5-7-20(15-21)27(38)35-12-10-33)40-14-13-39-18-25(37)34-11-6-9-30-24-16-22(23(17-36)42-24)43-29(31,32)47-44-4/h5,7-8,15,22-24,26,36H,10-14,16-19,33H2,1-4H3,(H,34,37)(H,35,38)/t22-,23?,24-,26?/m1/s1. The molecule has 0 aliphatic carbocycles. The van der Waals surface area contributed by atoms with Gasteiger partial charge < -0.3 is 45.2 Å². The van der Waals surface area contributed by atoms with Gasteiger partial charge in [-0.3, -0.25) is 9.59 Å². The van der Waals surface area contributed by atoms with E-state index in [4.69, 9.17) is 29.4 Å². The molecule has 0 aromatic heterocycles. The van der Waals surface area contributed by atoms with Crippen LogP contribution in [0.1, 0.15) is 37.6 Å². The number of carbonyl (C=O) groups is 2. The third-order valence-corrected chi connectivity index (χ3v) is 10.8. The van der Waals surface area contributed by atoms with Crippen LogP contribution in [0, 0.1) is 11.7 Å². The number of rotatable bonds is 21. The number of benzene rings is 1. The fraction of sp³-hybridized carbons (Fsp3) is 0.655. The summed E-state index contributed by atoms with van der Waals surface area (Å²) in [6, 6.07) is 6.27. The van der Waals surface area contributed by atoms with Crippen LogP contribution < -0.4 is 21.1 Å². The largest absolute Gasteiger partial charge is 0.490 e. The van der Waals surface area contributed by atoms with Crippen molar-refractivity contribution in [2.24, 2.45) is 5.73 Å².